The fraction of sp³-hybridized carbons (Fsp3) is 0.429. The van der Waals surface area contributed by atoms with Crippen LogP contribution in [0.25, 0.3) is 11.1 Å². The maximum atomic E-state index is 13.0. The van der Waals surface area contributed by atoms with Crippen LogP contribution in [0.1, 0.15) is 35.3 Å². The Kier molecular flexibility index (Phi) is 4.89. The predicted octanol–water partition coefficient (Wildman–Crippen LogP) is 2.29. The Labute approximate surface area is 153 Å². The van der Waals surface area contributed by atoms with Gasteiger partial charge < -0.3 is 14.8 Å². The number of carbonyl (C=O) groups is 1. The molecule has 5 heteroatoms. The van der Waals surface area contributed by atoms with Crippen LogP contribution in [0, 0.1) is 0 Å². The first-order valence-corrected chi connectivity index (χ1v) is 9.57. The summed E-state index contributed by atoms with van der Waals surface area (Å²) in [5.74, 6) is -0.0614. The van der Waals surface area contributed by atoms with Crippen molar-refractivity contribution in [2.45, 2.75) is 32.2 Å². The van der Waals surface area contributed by atoms with Crippen molar-refractivity contribution >= 4 is 5.91 Å². The first kappa shape index (κ1) is 17.0. The molecule has 2 aromatic rings. The zero-order valence-electron chi connectivity index (χ0n) is 15.0. The number of hydrogen-bond acceptors (Lipinski definition) is 3. The molecule has 26 heavy (non-hydrogen) atoms. The molecule has 0 spiro atoms. The minimum Gasteiger partial charge on any atom is -0.351 e. The number of pyridine rings is 1. The first-order chi connectivity index (χ1) is 12.7. The van der Waals surface area contributed by atoms with Crippen LogP contribution < -0.4 is 10.9 Å². The molecule has 1 fully saturated rings. The molecule has 1 saturated heterocycles. The van der Waals surface area contributed by atoms with Crippen LogP contribution in [0.5, 0.6) is 0 Å². The van der Waals surface area contributed by atoms with Crippen molar-refractivity contribution in [3.05, 3.63) is 58.0 Å². The van der Waals surface area contributed by atoms with Crippen molar-refractivity contribution in [2.24, 2.45) is 0 Å². The topological polar surface area (TPSA) is 54.3 Å². The van der Waals surface area contributed by atoms with Crippen molar-refractivity contribution in [2.75, 3.05) is 26.2 Å². The Morgan fingerprint density at radius 1 is 1.04 bits per heavy atom. The van der Waals surface area contributed by atoms with Gasteiger partial charge in [0, 0.05) is 37.0 Å². The molecule has 0 bridgehead atoms. The molecule has 1 N–H and O–H groups in total. The average molecular weight is 351 g/mol. The third-order valence-electron chi connectivity index (χ3n) is 5.44. The van der Waals surface area contributed by atoms with E-state index in [4.69, 9.17) is 0 Å². The maximum Gasteiger partial charge on any atom is 0.253 e. The van der Waals surface area contributed by atoms with Crippen molar-refractivity contribution in [1.82, 2.24) is 14.8 Å². The van der Waals surface area contributed by atoms with Crippen LogP contribution in [-0.2, 0) is 13.0 Å². The van der Waals surface area contributed by atoms with Crippen LogP contribution in [-0.4, -0.2) is 41.6 Å². The Bertz CT molecular complexity index is 852. The third-order valence-corrected chi connectivity index (χ3v) is 5.44. The summed E-state index contributed by atoms with van der Waals surface area (Å²) in [6, 6.07) is 11.4. The lowest BCUT2D eigenvalue weighted by Crippen LogP contribution is -2.35. The number of likely N-dealkylation sites (tertiary alicyclic amines) is 1. The molecule has 0 radical (unpaired) electrons. The normalized spacial score (nSPS) is 16.6. The number of rotatable bonds is 5. The molecule has 4 rings (SSSR count). The molecule has 0 atom stereocenters. The monoisotopic (exact) mass is 351 g/mol. The molecular formula is C21H25N3O2. The number of hydrogen-bond donors (Lipinski definition) is 1. The third kappa shape index (κ3) is 3.31. The number of benzene rings is 1. The van der Waals surface area contributed by atoms with Gasteiger partial charge in [-0.1, -0.05) is 30.3 Å². The summed E-state index contributed by atoms with van der Waals surface area (Å²) in [7, 11) is 0. The number of nitrogens with zero attached hydrogens (tertiary/aromatic N) is 2. The highest BCUT2D eigenvalue weighted by Gasteiger charge is 2.25. The molecule has 0 saturated carbocycles. The summed E-state index contributed by atoms with van der Waals surface area (Å²) < 4.78 is 1.77. The van der Waals surface area contributed by atoms with E-state index >= 15 is 0 Å². The van der Waals surface area contributed by atoms with Crippen LogP contribution in [0.4, 0.5) is 0 Å². The fourth-order valence-electron chi connectivity index (χ4n) is 4.13. The smallest absolute Gasteiger partial charge is 0.253 e. The van der Waals surface area contributed by atoms with E-state index < -0.39 is 0 Å². The van der Waals surface area contributed by atoms with E-state index in [0.29, 0.717) is 18.7 Å². The quantitative estimate of drug-likeness (QED) is 0.899. The second-order valence-corrected chi connectivity index (χ2v) is 7.14. The van der Waals surface area contributed by atoms with Crippen molar-refractivity contribution in [3.63, 3.8) is 0 Å². The van der Waals surface area contributed by atoms with Crippen molar-refractivity contribution < 1.29 is 4.79 Å². The van der Waals surface area contributed by atoms with Crippen LogP contribution in [0.15, 0.2) is 41.2 Å². The summed E-state index contributed by atoms with van der Waals surface area (Å²) in [6.07, 6.45) is 4.20. The van der Waals surface area contributed by atoms with Gasteiger partial charge in [0.2, 0.25) is 0 Å². The lowest BCUT2D eigenvalue weighted by Gasteiger charge is -2.18. The Balaban J connectivity index is 1.64. The van der Waals surface area contributed by atoms with Crippen LogP contribution >= 0.6 is 0 Å². The van der Waals surface area contributed by atoms with E-state index in [9.17, 15) is 9.59 Å². The standard InChI is InChI=1S/C21H25N3O2/c25-19-15-17(16-7-2-1-3-8-16)20(18-9-6-13-24(18)19)21(26)22-10-14-23-11-4-5-12-23/h1-3,7-8,15H,4-6,9-14H2,(H,22,26). The number of amides is 1. The molecular weight excluding hydrogens is 326 g/mol. The van der Waals surface area contributed by atoms with Gasteiger partial charge in [0.25, 0.3) is 11.5 Å². The van der Waals surface area contributed by atoms with Gasteiger partial charge in [-0.15, -0.1) is 0 Å². The Hall–Kier alpha value is -2.40. The Morgan fingerprint density at radius 3 is 2.58 bits per heavy atom. The molecule has 136 valence electrons. The van der Waals surface area contributed by atoms with Gasteiger partial charge in [0.1, 0.15) is 0 Å². The van der Waals surface area contributed by atoms with Crippen LogP contribution in [0.3, 0.4) is 0 Å². The van der Waals surface area contributed by atoms with E-state index in [2.05, 4.69) is 10.2 Å². The second kappa shape index (κ2) is 7.46. The van der Waals surface area contributed by atoms with E-state index in [1.165, 1.54) is 12.8 Å². The summed E-state index contributed by atoms with van der Waals surface area (Å²) in [6.45, 7) is 4.49. The lowest BCUT2D eigenvalue weighted by atomic mass is 9.97. The zero-order chi connectivity index (χ0) is 17.9. The van der Waals surface area contributed by atoms with Gasteiger partial charge in [-0.3, -0.25) is 9.59 Å². The average Bonchev–Trinajstić information content (AvgIpc) is 3.34. The maximum absolute atomic E-state index is 13.0. The van der Waals surface area contributed by atoms with E-state index in [1.807, 2.05) is 30.3 Å². The summed E-state index contributed by atoms with van der Waals surface area (Å²) in [5, 5.41) is 3.09. The highest BCUT2D eigenvalue weighted by molar-refractivity contribution is 6.02. The summed E-state index contributed by atoms with van der Waals surface area (Å²) in [5.41, 5.74) is 3.22. The van der Waals surface area contributed by atoms with Gasteiger partial charge in [-0.2, -0.15) is 0 Å². The molecule has 1 aromatic carbocycles. The molecule has 0 aliphatic carbocycles. The van der Waals surface area contributed by atoms with Gasteiger partial charge in [0.05, 0.1) is 5.56 Å². The molecule has 5 nitrogen and oxygen atoms in total. The number of fused-ring (bicyclic) bond motifs is 1. The highest BCUT2D eigenvalue weighted by Crippen LogP contribution is 2.28. The SMILES string of the molecule is O=C(NCCN1CCCC1)c1c(-c2ccccc2)cc(=O)n2c1CCC2. The first-order valence-electron chi connectivity index (χ1n) is 9.57. The molecule has 1 amide bonds. The largest absolute Gasteiger partial charge is 0.351 e. The predicted molar refractivity (Wildman–Crippen MR) is 102 cm³/mol. The van der Waals surface area contributed by atoms with Crippen LogP contribution in [0.2, 0.25) is 0 Å². The molecule has 3 heterocycles. The van der Waals surface area contributed by atoms with E-state index in [-0.39, 0.29) is 11.5 Å². The molecule has 2 aliphatic heterocycles. The van der Waals surface area contributed by atoms with Gasteiger partial charge in [-0.25, -0.2) is 0 Å². The summed E-state index contributed by atoms with van der Waals surface area (Å²) in [4.78, 5) is 27.9. The van der Waals surface area contributed by atoms with Gasteiger partial charge >= 0.3 is 0 Å². The highest BCUT2D eigenvalue weighted by atomic mass is 16.2. The van der Waals surface area contributed by atoms with Gasteiger partial charge in [0.15, 0.2) is 0 Å². The summed E-state index contributed by atoms with van der Waals surface area (Å²) >= 11 is 0. The lowest BCUT2D eigenvalue weighted by molar-refractivity contribution is 0.0949. The van der Waals surface area contributed by atoms with Gasteiger partial charge in [-0.05, 0) is 44.3 Å². The zero-order valence-corrected chi connectivity index (χ0v) is 15.0. The van der Waals surface area contributed by atoms with E-state index in [0.717, 1.165) is 49.3 Å². The van der Waals surface area contributed by atoms with Crippen molar-refractivity contribution in [1.29, 1.82) is 0 Å². The second-order valence-electron chi connectivity index (χ2n) is 7.14. The number of nitrogens with one attached hydrogen (secondary N) is 1. The Morgan fingerprint density at radius 2 is 1.81 bits per heavy atom. The fourth-order valence-corrected chi connectivity index (χ4v) is 4.13. The number of carbonyl (C=O) groups excluding carboxylic acids is 1. The molecule has 1 aromatic heterocycles. The molecule has 0 unspecified atom stereocenters. The minimum atomic E-state index is -0.0614. The van der Waals surface area contributed by atoms with Crippen molar-refractivity contribution in [3.8, 4) is 11.1 Å². The minimum absolute atomic E-state index is 0.00929. The van der Waals surface area contributed by atoms with E-state index in [1.54, 1.807) is 10.6 Å². The number of aromatic nitrogens is 1. The molecule has 2 aliphatic rings.